The summed E-state index contributed by atoms with van der Waals surface area (Å²) in [6.07, 6.45) is 4.41. The van der Waals surface area contributed by atoms with Gasteiger partial charge in [0, 0.05) is 50.3 Å². The van der Waals surface area contributed by atoms with Gasteiger partial charge in [-0.25, -0.2) is 0 Å². The number of hydrogen-bond acceptors (Lipinski definition) is 3. The van der Waals surface area contributed by atoms with E-state index in [1.807, 2.05) is 13.2 Å². The van der Waals surface area contributed by atoms with E-state index in [0.29, 0.717) is 19.6 Å². The molecule has 0 atom stereocenters. The number of ether oxygens (including phenoxy) is 1. The first-order chi connectivity index (χ1) is 11.7. The van der Waals surface area contributed by atoms with Gasteiger partial charge >= 0.3 is 0 Å². The highest BCUT2D eigenvalue weighted by Gasteiger charge is 2.39. The van der Waals surface area contributed by atoms with Crippen molar-refractivity contribution in [1.82, 2.24) is 14.8 Å². The molecule has 2 fully saturated rings. The van der Waals surface area contributed by atoms with Gasteiger partial charge in [0.25, 0.3) is 0 Å². The van der Waals surface area contributed by atoms with Crippen LogP contribution in [0.1, 0.15) is 24.8 Å². The molecule has 2 saturated heterocycles. The number of carbonyl (C=O) groups excluding carboxylic acids is 1. The number of benzene rings is 1. The van der Waals surface area contributed by atoms with Crippen LogP contribution in [0.25, 0.3) is 10.9 Å². The van der Waals surface area contributed by atoms with Gasteiger partial charge in [0.05, 0.1) is 18.6 Å². The Hall–Kier alpha value is -1.85. The number of amides is 1. The molecule has 0 radical (unpaired) electrons. The van der Waals surface area contributed by atoms with Crippen molar-refractivity contribution in [2.45, 2.75) is 31.4 Å². The number of nitrogens with one attached hydrogen (secondary N) is 1. The van der Waals surface area contributed by atoms with Crippen LogP contribution < -0.4 is 0 Å². The zero-order valence-electron chi connectivity index (χ0n) is 14.3. The summed E-state index contributed by atoms with van der Waals surface area (Å²) in [5, 5.41) is 1.31. The molecule has 0 bridgehead atoms. The fraction of sp³-hybridized carbons (Fsp3) is 0.526. The third kappa shape index (κ3) is 2.94. The Kier molecular flexibility index (Phi) is 4.06. The number of fused-ring (bicyclic) bond motifs is 1. The second kappa shape index (κ2) is 6.22. The summed E-state index contributed by atoms with van der Waals surface area (Å²) in [7, 11) is 1.87. The Morgan fingerprint density at radius 3 is 2.88 bits per heavy atom. The molecule has 4 rings (SSSR count). The molecular weight excluding hydrogens is 302 g/mol. The third-order valence-corrected chi connectivity index (χ3v) is 5.58. The van der Waals surface area contributed by atoms with Gasteiger partial charge in [-0.15, -0.1) is 0 Å². The fourth-order valence-corrected chi connectivity index (χ4v) is 3.95. The number of hydrogen-bond donors (Lipinski definition) is 1. The number of nitrogens with zero attached hydrogens (tertiary/aromatic N) is 2. The van der Waals surface area contributed by atoms with Crippen molar-refractivity contribution in [3.63, 3.8) is 0 Å². The standard InChI is InChI=1S/C19H25N3O2/c1-21-11-12-24-19(13-18(21)23)6-9-22(10-7-19)14-15-3-2-4-17-16(15)5-8-20-17/h2-5,8,20H,6-7,9-14H2,1H3. The second-order valence-electron chi connectivity index (χ2n) is 7.16. The van der Waals surface area contributed by atoms with E-state index in [2.05, 4.69) is 34.1 Å². The summed E-state index contributed by atoms with van der Waals surface area (Å²) >= 11 is 0. The van der Waals surface area contributed by atoms with Crippen LogP contribution in [0.15, 0.2) is 30.5 Å². The number of aromatic nitrogens is 1. The molecule has 1 spiro atoms. The van der Waals surface area contributed by atoms with Crippen molar-refractivity contribution in [2.75, 3.05) is 33.3 Å². The smallest absolute Gasteiger partial charge is 0.225 e. The summed E-state index contributed by atoms with van der Waals surface area (Å²) in [5.41, 5.74) is 2.32. The molecule has 0 unspecified atom stereocenters. The highest BCUT2D eigenvalue weighted by atomic mass is 16.5. The van der Waals surface area contributed by atoms with Crippen molar-refractivity contribution in [2.24, 2.45) is 0 Å². The van der Waals surface area contributed by atoms with Crippen molar-refractivity contribution < 1.29 is 9.53 Å². The third-order valence-electron chi connectivity index (χ3n) is 5.58. The summed E-state index contributed by atoms with van der Waals surface area (Å²) in [4.78, 5) is 19.8. The fourth-order valence-electron chi connectivity index (χ4n) is 3.95. The van der Waals surface area contributed by atoms with Gasteiger partial charge in [0.1, 0.15) is 0 Å². The van der Waals surface area contributed by atoms with E-state index in [0.717, 1.165) is 32.5 Å². The Morgan fingerprint density at radius 2 is 2.04 bits per heavy atom. The van der Waals surface area contributed by atoms with E-state index in [9.17, 15) is 4.79 Å². The van der Waals surface area contributed by atoms with E-state index < -0.39 is 0 Å². The Labute approximate surface area is 142 Å². The molecule has 1 amide bonds. The molecule has 0 aliphatic carbocycles. The number of aromatic amines is 1. The molecule has 1 aromatic heterocycles. The predicted molar refractivity (Wildman–Crippen MR) is 93.7 cm³/mol. The normalized spacial score (nSPS) is 22.2. The summed E-state index contributed by atoms with van der Waals surface area (Å²) in [6.45, 7) is 4.29. The van der Waals surface area contributed by atoms with E-state index in [-0.39, 0.29) is 11.5 Å². The summed E-state index contributed by atoms with van der Waals surface area (Å²) in [6, 6.07) is 8.59. The highest BCUT2D eigenvalue weighted by molar-refractivity contribution is 5.82. The first kappa shape index (κ1) is 15.7. The minimum absolute atomic E-state index is 0.220. The SMILES string of the molecule is CN1CCOC2(CCN(Cc3cccc4[nH]ccc34)CC2)CC1=O. The van der Waals surface area contributed by atoms with Gasteiger partial charge in [-0.05, 0) is 30.5 Å². The second-order valence-corrected chi connectivity index (χ2v) is 7.16. The predicted octanol–water partition coefficient (Wildman–Crippen LogP) is 2.38. The van der Waals surface area contributed by atoms with Gasteiger partial charge in [-0.1, -0.05) is 12.1 Å². The Bertz CT molecular complexity index is 731. The van der Waals surface area contributed by atoms with Crippen LogP contribution in [0.3, 0.4) is 0 Å². The Balaban J connectivity index is 1.43. The van der Waals surface area contributed by atoms with E-state index in [1.165, 1.54) is 16.5 Å². The van der Waals surface area contributed by atoms with Crippen molar-refractivity contribution in [1.29, 1.82) is 0 Å². The van der Waals surface area contributed by atoms with Crippen LogP contribution in [-0.2, 0) is 16.1 Å². The molecule has 24 heavy (non-hydrogen) atoms. The first-order valence-electron chi connectivity index (χ1n) is 8.81. The molecule has 1 N–H and O–H groups in total. The zero-order valence-corrected chi connectivity index (χ0v) is 14.3. The van der Waals surface area contributed by atoms with Crippen LogP contribution in [0.4, 0.5) is 0 Å². The monoisotopic (exact) mass is 327 g/mol. The summed E-state index contributed by atoms with van der Waals surface area (Å²) in [5.74, 6) is 0.220. The zero-order chi connectivity index (χ0) is 16.6. The minimum Gasteiger partial charge on any atom is -0.373 e. The largest absolute Gasteiger partial charge is 0.373 e. The van der Waals surface area contributed by atoms with E-state index >= 15 is 0 Å². The highest BCUT2D eigenvalue weighted by Crippen LogP contribution is 2.33. The molecule has 2 aromatic rings. The van der Waals surface area contributed by atoms with Gasteiger partial charge < -0.3 is 14.6 Å². The summed E-state index contributed by atoms with van der Waals surface area (Å²) < 4.78 is 6.13. The molecule has 5 nitrogen and oxygen atoms in total. The van der Waals surface area contributed by atoms with E-state index in [1.54, 1.807) is 4.90 Å². The number of rotatable bonds is 2. The first-order valence-corrected chi connectivity index (χ1v) is 8.81. The van der Waals surface area contributed by atoms with Gasteiger partial charge in [-0.2, -0.15) is 0 Å². The van der Waals surface area contributed by atoms with Crippen molar-refractivity contribution in [3.8, 4) is 0 Å². The molecule has 1 aromatic carbocycles. The molecule has 2 aliphatic heterocycles. The molecule has 2 aliphatic rings. The van der Waals surface area contributed by atoms with E-state index in [4.69, 9.17) is 4.74 Å². The van der Waals surface area contributed by atoms with Gasteiger partial charge in [0.2, 0.25) is 5.91 Å². The Morgan fingerprint density at radius 1 is 1.21 bits per heavy atom. The maximum absolute atomic E-state index is 12.2. The maximum Gasteiger partial charge on any atom is 0.225 e. The minimum atomic E-state index is -0.238. The van der Waals surface area contributed by atoms with Crippen LogP contribution in [-0.4, -0.2) is 59.6 Å². The molecular formula is C19H25N3O2. The van der Waals surface area contributed by atoms with Crippen LogP contribution in [0, 0.1) is 0 Å². The van der Waals surface area contributed by atoms with Crippen molar-refractivity contribution in [3.05, 3.63) is 36.0 Å². The average Bonchev–Trinajstić information content (AvgIpc) is 3.01. The average molecular weight is 327 g/mol. The van der Waals surface area contributed by atoms with Gasteiger partial charge in [0.15, 0.2) is 0 Å². The molecule has 3 heterocycles. The lowest BCUT2D eigenvalue weighted by Gasteiger charge is -2.40. The van der Waals surface area contributed by atoms with Crippen LogP contribution in [0.5, 0.6) is 0 Å². The molecule has 5 heteroatoms. The lowest BCUT2D eigenvalue weighted by molar-refractivity contribution is -0.134. The van der Waals surface area contributed by atoms with Crippen LogP contribution >= 0.6 is 0 Å². The molecule has 0 saturated carbocycles. The van der Waals surface area contributed by atoms with Crippen molar-refractivity contribution >= 4 is 16.8 Å². The van der Waals surface area contributed by atoms with Crippen LogP contribution in [0.2, 0.25) is 0 Å². The lowest BCUT2D eigenvalue weighted by atomic mass is 9.87. The number of piperidine rings is 1. The number of likely N-dealkylation sites (N-methyl/N-ethyl adjacent to an activating group) is 1. The topological polar surface area (TPSA) is 48.6 Å². The number of likely N-dealkylation sites (tertiary alicyclic amines) is 1. The lowest BCUT2D eigenvalue weighted by Crippen LogP contribution is -2.46. The maximum atomic E-state index is 12.2. The number of H-pyrrole nitrogens is 1. The number of carbonyl (C=O) groups is 1. The quantitative estimate of drug-likeness (QED) is 0.921. The van der Waals surface area contributed by atoms with Gasteiger partial charge in [-0.3, -0.25) is 9.69 Å². The molecule has 128 valence electrons.